The number of oxime groups is 1. The minimum absolute atomic E-state index is 0.0485. The van der Waals surface area contributed by atoms with Gasteiger partial charge < -0.3 is 14.3 Å². The van der Waals surface area contributed by atoms with Crippen molar-refractivity contribution >= 4 is 17.5 Å². The molecule has 4 fully saturated rings. The molecule has 2 amide bonds. The smallest absolute Gasteiger partial charge is 0.233 e. The Morgan fingerprint density at radius 3 is 2.35 bits per heavy atom. The maximum Gasteiger partial charge on any atom is 0.233 e. The van der Waals surface area contributed by atoms with Crippen molar-refractivity contribution in [3.63, 3.8) is 0 Å². The molecule has 2 heterocycles. The van der Waals surface area contributed by atoms with E-state index in [1.54, 1.807) is 19.1 Å². The maximum atomic E-state index is 13.5. The molecular weight excluding hydrogens is 396 g/mol. The van der Waals surface area contributed by atoms with Crippen molar-refractivity contribution in [1.29, 1.82) is 0 Å². The zero-order valence-electron chi connectivity index (χ0n) is 18.0. The highest BCUT2D eigenvalue weighted by atomic mass is 16.6. The number of likely N-dealkylation sites (tertiary alicyclic amines) is 1. The summed E-state index contributed by atoms with van der Waals surface area (Å²) in [5.41, 5.74) is 1.79. The summed E-state index contributed by atoms with van der Waals surface area (Å²) in [6.45, 7) is 0. The number of methoxy groups -OCH3 is 2. The second kappa shape index (κ2) is 6.97. The third-order valence-corrected chi connectivity index (χ3v) is 8.34. The Bertz CT molecular complexity index is 969. The van der Waals surface area contributed by atoms with Crippen LogP contribution in [-0.2, 0) is 14.4 Å². The van der Waals surface area contributed by atoms with Gasteiger partial charge in [0.05, 0.1) is 31.8 Å². The normalized spacial score (nSPS) is 36.3. The minimum Gasteiger partial charge on any atom is -0.493 e. The summed E-state index contributed by atoms with van der Waals surface area (Å²) in [5, 5.41) is 4.43. The van der Waals surface area contributed by atoms with Crippen LogP contribution in [0.1, 0.15) is 44.1 Å². The maximum absolute atomic E-state index is 13.5. The molecule has 7 heteroatoms. The summed E-state index contributed by atoms with van der Waals surface area (Å²) in [6.07, 6.45) is 6.07. The fourth-order valence-electron chi connectivity index (χ4n) is 7.08. The van der Waals surface area contributed by atoms with E-state index in [0.717, 1.165) is 43.4 Å². The quantitative estimate of drug-likeness (QED) is 0.695. The van der Waals surface area contributed by atoms with Gasteiger partial charge in [-0.2, -0.15) is 0 Å². The molecule has 7 nitrogen and oxygen atoms in total. The van der Waals surface area contributed by atoms with Crippen LogP contribution < -0.4 is 9.47 Å². The van der Waals surface area contributed by atoms with Crippen LogP contribution in [0.15, 0.2) is 23.4 Å². The zero-order chi connectivity index (χ0) is 21.3. The fraction of sp³-hybridized carbons (Fsp3) is 0.625. The van der Waals surface area contributed by atoms with Crippen LogP contribution in [0.2, 0.25) is 0 Å². The van der Waals surface area contributed by atoms with Crippen LogP contribution in [-0.4, -0.2) is 48.8 Å². The van der Waals surface area contributed by atoms with Crippen LogP contribution >= 0.6 is 0 Å². The van der Waals surface area contributed by atoms with E-state index in [1.807, 2.05) is 18.2 Å². The molecule has 0 unspecified atom stereocenters. The van der Waals surface area contributed by atoms with E-state index in [4.69, 9.17) is 14.3 Å². The van der Waals surface area contributed by atoms with Crippen molar-refractivity contribution < 1.29 is 23.9 Å². The fourth-order valence-corrected chi connectivity index (χ4v) is 7.08. The molecule has 0 aromatic heterocycles. The molecule has 3 aliphatic carbocycles. The van der Waals surface area contributed by atoms with Crippen molar-refractivity contribution in [1.82, 2.24) is 4.90 Å². The van der Waals surface area contributed by atoms with Gasteiger partial charge in [0.1, 0.15) is 6.10 Å². The number of rotatable bonds is 4. The van der Waals surface area contributed by atoms with E-state index in [1.165, 1.54) is 6.42 Å². The number of ether oxygens (including phenoxy) is 2. The van der Waals surface area contributed by atoms with Crippen molar-refractivity contribution in [2.45, 2.75) is 50.7 Å². The van der Waals surface area contributed by atoms with E-state index in [2.05, 4.69) is 5.16 Å². The number of hydrogen-bond donors (Lipinski definition) is 0. The third-order valence-electron chi connectivity index (χ3n) is 8.34. The van der Waals surface area contributed by atoms with Gasteiger partial charge in [-0.3, -0.25) is 14.5 Å². The minimum atomic E-state index is -0.222. The standard InChI is InChI=1S/C24H28N2O5/c1-29-16-9-8-12(10-17(16)30-2)21-20-14-11-15(22(20)31-25-21)19-18(14)23(27)26(24(19)28)13-6-4-3-5-7-13/h8-10,13-15,18-20,22H,3-7,11H2,1-2H3/t14-,15+,18+,19-,20+,22+/m0/s1. The zero-order valence-corrected chi connectivity index (χ0v) is 18.0. The van der Waals surface area contributed by atoms with Crippen LogP contribution in [0, 0.1) is 29.6 Å². The molecule has 0 radical (unpaired) electrons. The Morgan fingerprint density at radius 2 is 1.65 bits per heavy atom. The Balaban J connectivity index is 1.30. The molecule has 5 aliphatic rings. The van der Waals surface area contributed by atoms with Crippen molar-refractivity contribution in [2.75, 3.05) is 14.2 Å². The first kappa shape index (κ1) is 19.1. The van der Waals surface area contributed by atoms with Gasteiger partial charge in [-0.15, -0.1) is 0 Å². The van der Waals surface area contributed by atoms with Crippen LogP contribution in [0.3, 0.4) is 0 Å². The Kier molecular flexibility index (Phi) is 4.30. The van der Waals surface area contributed by atoms with Gasteiger partial charge in [-0.05, 0) is 43.4 Å². The molecule has 164 valence electrons. The van der Waals surface area contributed by atoms with Gasteiger partial charge in [-0.1, -0.05) is 24.4 Å². The Morgan fingerprint density at radius 1 is 0.935 bits per heavy atom. The second-order valence-corrected chi connectivity index (χ2v) is 9.60. The lowest BCUT2D eigenvalue weighted by Crippen LogP contribution is -2.42. The predicted molar refractivity (Wildman–Crippen MR) is 112 cm³/mol. The molecule has 31 heavy (non-hydrogen) atoms. The Labute approximate surface area is 181 Å². The molecule has 1 aromatic rings. The summed E-state index contributed by atoms with van der Waals surface area (Å²) >= 11 is 0. The first-order chi connectivity index (χ1) is 15.1. The lowest BCUT2D eigenvalue weighted by molar-refractivity contribution is -0.144. The SMILES string of the molecule is COc1ccc(C2=NO[C@@H]3[C@@H]4C[C@@H]([C@H]5C(=O)N(C6CCCCC6)C(=O)[C@@H]45)[C@H]23)cc1OC. The van der Waals surface area contributed by atoms with Gasteiger partial charge >= 0.3 is 0 Å². The number of carbonyl (C=O) groups excluding carboxylic acids is 2. The van der Waals surface area contributed by atoms with Crippen LogP contribution in [0.4, 0.5) is 0 Å². The second-order valence-electron chi connectivity index (χ2n) is 9.60. The molecule has 3 saturated carbocycles. The summed E-state index contributed by atoms with van der Waals surface area (Å²) in [4.78, 5) is 34.4. The average molecular weight is 424 g/mol. The van der Waals surface area contributed by atoms with Crippen LogP contribution in [0.25, 0.3) is 0 Å². The first-order valence-electron chi connectivity index (χ1n) is 11.5. The van der Waals surface area contributed by atoms with E-state index in [-0.39, 0.29) is 53.5 Å². The number of benzene rings is 1. The van der Waals surface area contributed by atoms with Gasteiger partial charge in [-0.25, -0.2) is 0 Å². The highest BCUT2D eigenvalue weighted by Gasteiger charge is 2.70. The number of hydrogen-bond acceptors (Lipinski definition) is 6. The monoisotopic (exact) mass is 424 g/mol. The molecule has 2 aliphatic heterocycles. The lowest BCUT2D eigenvalue weighted by Gasteiger charge is -2.30. The number of carbonyl (C=O) groups is 2. The summed E-state index contributed by atoms with van der Waals surface area (Å²) < 4.78 is 10.8. The molecule has 6 rings (SSSR count). The van der Waals surface area contributed by atoms with Crippen molar-refractivity contribution in [3.8, 4) is 11.5 Å². The van der Waals surface area contributed by atoms with Gasteiger partial charge in [0.2, 0.25) is 11.8 Å². The number of imide groups is 1. The van der Waals surface area contributed by atoms with E-state index < -0.39 is 0 Å². The topological polar surface area (TPSA) is 77.4 Å². The van der Waals surface area contributed by atoms with E-state index >= 15 is 0 Å². The average Bonchev–Trinajstić information content (AvgIpc) is 3.54. The Hall–Kier alpha value is -2.57. The highest BCUT2D eigenvalue weighted by molar-refractivity contribution is 6.09. The largest absolute Gasteiger partial charge is 0.493 e. The van der Waals surface area contributed by atoms with E-state index in [0.29, 0.717) is 11.5 Å². The molecule has 2 bridgehead atoms. The summed E-state index contributed by atoms with van der Waals surface area (Å²) in [6, 6.07) is 5.85. The number of amides is 2. The van der Waals surface area contributed by atoms with Gasteiger partial charge in [0, 0.05) is 23.4 Å². The molecule has 1 saturated heterocycles. The third kappa shape index (κ3) is 2.55. The predicted octanol–water partition coefficient (Wildman–Crippen LogP) is 3.01. The summed E-state index contributed by atoms with van der Waals surface area (Å²) in [7, 11) is 3.22. The number of fused-ring (bicyclic) bond motifs is 8. The molecule has 0 N–H and O–H groups in total. The molecule has 1 aromatic carbocycles. The van der Waals surface area contributed by atoms with Crippen molar-refractivity contribution in [2.24, 2.45) is 34.7 Å². The van der Waals surface area contributed by atoms with Crippen molar-refractivity contribution in [3.05, 3.63) is 23.8 Å². The molecule has 0 spiro atoms. The first-order valence-corrected chi connectivity index (χ1v) is 11.5. The summed E-state index contributed by atoms with van der Waals surface area (Å²) in [5.74, 6) is 1.21. The van der Waals surface area contributed by atoms with Gasteiger partial charge in [0.15, 0.2) is 11.5 Å². The molecular formula is C24H28N2O5. The van der Waals surface area contributed by atoms with E-state index in [9.17, 15) is 9.59 Å². The van der Waals surface area contributed by atoms with Gasteiger partial charge in [0.25, 0.3) is 0 Å². The highest BCUT2D eigenvalue weighted by Crippen LogP contribution is 2.62. The number of nitrogens with zero attached hydrogens (tertiary/aromatic N) is 2. The lowest BCUT2D eigenvalue weighted by atomic mass is 9.71. The molecule has 6 atom stereocenters. The van der Waals surface area contributed by atoms with Crippen LogP contribution in [0.5, 0.6) is 11.5 Å².